The van der Waals surface area contributed by atoms with Gasteiger partial charge < -0.3 is 5.32 Å². The van der Waals surface area contributed by atoms with E-state index in [2.05, 4.69) is 10.3 Å². The quantitative estimate of drug-likeness (QED) is 0.869. The van der Waals surface area contributed by atoms with Gasteiger partial charge in [0.05, 0.1) is 5.56 Å². The monoisotopic (exact) mass is 371 g/mol. The molecule has 1 aromatic heterocycles. The molecule has 134 valence electrons. The highest BCUT2D eigenvalue weighted by molar-refractivity contribution is 7.90. The molecule has 1 N–H and O–H groups in total. The molecule has 1 aromatic carbocycles. The number of aromatic nitrogens is 1. The van der Waals surface area contributed by atoms with Crippen LogP contribution in [0.2, 0.25) is 0 Å². The van der Waals surface area contributed by atoms with Gasteiger partial charge in [-0.1, -0.05) is 30.3 Å². The summed E-state index contributed by atoms with van der Waals surface area (Å²) in [5.74, 6) is -0.253. The smallest absolute Gasteiger partial charge is 0.268 e. The van der Waals surface area contributed by atoms with Crippen molar-refractivity contribution in [2.24, 2.45) is 0 Å². The van der Waals surface area contributed by atoms with Crippen LogP contribution in [0.15, 0.2) is 42.6 Å². The Bertz CT molecular complexity index is 989. The van der Waals surface area contributed by atoms with Crippen molar-refractivity contribution in [2.45, 2.75) is 24.5 Å². The van der Waals surface area contributed by atoms with Crippen LogP contribution in [-0.2, 0) is 21.2 Å². The summed E-state index contributed by atoms with van der Waals surface area (Å²) in [6.07, 6.45) is 2.49. The molecule has 0 bridgehead atoms. The highest BCUT2D eigenvalue weighted by Gasteiger charge is 2.42. The molecule has 1 atom stereocenters. The third-order valence-electron chi connectivity index (χ3n) is 4.75. The Labute approximate surface area is 151 Å². The lowest BCUT2D eigenvalue weighted by Gasteiger charge is -2.19. The van der Waals surface area contributed by atoms with Crippen LogP contribution >= 0.6 is 0 Å². The number of pyridine rings is 1. The van der Waals surface area contributed by atoms with Gasteiger partial charge in [0, 0.05) is 19.2 Å². The summed E-state index contributed by atoms with van der Waals surface area (Å²) in [6, 6.07) is 10.5. The SMILES string of the molecule is O=C1CCc2cc(C(=O)N3CCC(c4ccccc4)S3(=O)=O)cnc2N1. The van der Waals surface area contributed by atoms with Gasteiger partial charge in [-0.05, 0) is 30.0 Å². The molecule has 7 nitrogen and oxygen atoms in total. The number of carbonyl (C=O) groups excluding carboxylic acids is 2. The number of nitrogens with one attached hydrogen (secondary N) is 1. The molecule has 8 heteroatoms. The molecule has 0 radical (unpaired) electrons. The van der Waals surface area contributed by atoms with E-state index < -0.39 is 21.2 Å². The Morgan fingerprint density at radius 1 is 1.19 bits per heavy atom. The molecule has 3 heterocycles. The van der Waals surface area contributed by atoms with Crippen LogP contribution in [-0.4, -0.2) is 36.1 Å². The minimum atomic E-state index is -3.77. The zero-order valence-electron chi connectivity index (χ0n) is 13.9. The van der Waals surface area contributed by atoms with Gasteiger partial charge in [0.1, 0.15) is 11.1 Å². The van der Waals surface area contributed by atoms with Crippen LogP contribution in [0.5, 0.6) is 0 Å². The van der Waals surface area contributed by atoms with E-state index in [1.54, 1.807) is 30.3 Å². The van der Waals surface area contributed by atoms with Crippen molar-refractivity contribution in [3.05, 3.63) is 59.3 Å². The van der Waals surface area contributed by atoms with Gasteiger partial charge in [-0.3, -0.25) is 9.59 Å². The molecule has 1 fully saturated rings. The van der Waals surface area contributed by atoms with Crippen LogP contribution in [0.25, 0.3) is 0 Å². The predicted octanol–water partition coefficient (Wildman–Crippen LogP) is 1.88. The number of hydrogen-bond acceptors (Lipinski definition) is 5. The number of aryl methyl sites for hydroxylation is 1. The summed E-state index contributed by atoms with van der Waals surface area (Å²) >= 11 is 0. The summed E-state index contributed by atoms with van der Waals surface area (Å²) in [5, 5.41) is 1.94. The maximum atomic E-state index is 12.9. The fourth-order valence-electron chi connectivity index (χ4n) is 3.40. The second-order valence-electron chi connectivity index (χ2n) is 6.39. The molecular weight excluding hydrogens is 354 g/mol. The van der Waals surface area contributed by atoms with Crippen molar-refractivity contribution in [3.8, 4) is 0 Å². The standard InChI is InChI=1S/C18H17N3O4S/c22-16-7-6-13-10-14(11-19-17(13)20-16)18(23)21-9-8-15(26(21,24)25)12-4-2-1-3-5-12/h1-5,10-11,15H,6-9H2,(H,19,20,22). The van der Waals surface area contributed by atoms with Gasteiger partial charge in [-0.2, -0.15) is 0 Å². The fraction of sp³-hybridized carbons (Fsp3) is 0.278. The molecule has 2 aliphatic rings. The van der Waals surface area contributed by atoms with Crippen molar-refractivity contribution in [1.82, 2.24) is 9.29 Å². The minimum absolute atomic E-state index is 0.114. The molecule has 0 spiro atoms. The number of sulfonamides is 1. The molecule has 1 unspecified atom stereocenters. The van der Waals surface area contributed by atoms with Crippen LogP contribution in [0, 0.1) is 0 Å². The third kappa shape index (κ3) is 2.76. The van der Waals surface area contributed by atoms with E-state index in [9.17, 15) is 18.0 Å². The average Bonchev–Trinajstić information content (AvgIpc) is 2.96. The molecule has 1 saturated heterocycles. The lowest BCUT2D eigenvalue weighted by molar-refractivity contribution is -0.116. The van der Waals surface area contributed by atoms with Crippen molar-refractivity contribution < 1.29 is 18.0 Å². The predicted molar refractivity (Wildman–Crippen MR) is 94.9 cm³/mol. The zero-order chi connectivity index (χ0) is 18.3. The van der Waals surface area contributed by atoms with E-state index in [4.69, 9.17) is 0 Å². The maximum Gasteiger partial charge on any atom is 0.268 e. The van der Waals surface area contributed by atoms with Gasteiger partial charge in [-0.25, -0.2) is 17.7 Å². The third-order valence-corrected chi connectivity index (χ3v) is 6.94. The van der Waals surface area contributed by atoms with E-state index in [1.165, 1.54) is 6.20 Å². The lowest BCUT2D eigenvalue weighted by atomic mass is 10.0. The molecule has 2 aliphatic heterocycles. The molecule has 26 heavy (non-hydrogen) atoms. The first-order chi connectivity index (χ1) is 12.5. The molecular formula is C18H17N3O4S. The van der Waals surface area contributed by atoms with Gasteiger partial charge >= 0.3 is 0 Å². The molecule has 0 saturated carbocycles. The highest BCUT2D eigenvalue weighted by atomic mass is 32.2. The fourth-order valence-corrected chi connectivity index (χ4v) is 5.31. The second-order valence-corrected chi connectivity index (χ2v) is 8.43. The van der Waals surface area contributed by atoms with Crippen LogP contribution in [0.3, 0.4) is 0 Å². The van der Waals surface area contributed by atoms with E-state index in [0.29, 0.717) is 30.6 Å². The Kier molecular flexibility index (Phi) is 3.99. The minimum Gasteiger partial charge on any atom is -0.310 e. The first kappa shape index (κ1) is 16.7. The Hall–Kier alpha value is -2.74. The van der Waals surface area contributed by atoms with Crippen LogP contribution in [0.1, 0.15) is 39.6 Å². The number of amides is 2. The largest absolute Gasteiger partial charge is 0.310 e. The zero-order valence-corrected chi connectivity index (χ0v) is 14.7. The molecule has 2 aromatic rings. The van der Waals surface area contributed by atoms with E-state index in [-0.39, 0.29) is 18.0 Å². The van der Waals surface area contributed by atoms with Gasteiger partial charge in [-0.15, -0.1) is 0 Å². The Morgan fingerprint density at radius 2 is 1.96 bits per heavy atom. The Morgan fingerprint density at radius 3 is 2.73 bits per heavy atom. The first-order valence-electron chi connectivity index (χ1n) is 8.36. The number of fused-ring (bicyclic) bond motifs is 1. The highest BCUT2D eigenvalue weighted by Crippen LogP contribution is 2.36. The Balaban J connectivity index is 1.62. The summed E-state index contributed by atoms with van der Waals surface area (Å²) in [5.41, 5.74) is 1.65. The van der Waals surface area contributed by atoms with Gasteiger partial charge in [0.15, 0.2) is 0 Å². The number of hydrogen-bond donors (Lipinski definition) is 1. The van der Waals surface area contributed by atoms with Gasteiger partial charge in [0.2, 0.25) is 15.9 Å². The molecule has 2 amide bonds. The molecule has 4 rings (SSSR count). The second kappa shape index (κ2) is 6.21. The molecule has 0 aliphatic carbocycles. The van der Waals surface area contributed by atoms with Crippen molar-refractivity contribution in [3.63, 3.8) is 0 Å². The summed E-state index contributed by atoms with van der Waals surface area (Å²) in [7, 11) is -3.77. The maximum absolute atomic E-state index is 12.9. The van der Waals surface area contributed by atoms with Crippen molar-refractivity contribution >= 4 is 27.7 Å². The normalized spacial score (nSPS) is 21.2. The van der Waals surface area contributed by atoms with E-state index >= 15 is 0 Å². The first-order valence-corrected chi connectivity index (χ1v) is 9.87. The summed E-state index contributed by atoms with van der Waals surface area (Å²) in [4.78, 5) is 28.3. The topological polar surface area (TPSA) is 96.4 Å². The average molecular weight is 371 g/mol. The van der Waals surface area contributed by atoms with E-state index in [1.807, 2.05) is 6.07 Å². The number of anilines is 1. The number of nitrogens with zero attached hydrogens (tertiary/aromatic N) is 2. The number of carbonyl (C=O) groups is 2. The number of rotatable bonds is 2. The van der Waals surface area contributed by atoms with Crippen molar-refractivity contribution in [1.29, 1.82) is 0 Å². The summed E-state index contributed by atoms with van der Waals surface area (Å²) < 4.78 is 26.7. The van der Waals surface area contributed by atoms with Crippen LogP contribution in [0.4, 0.5) is 5.82 Å². The van der Waals surface area contributed by atoms with Gasteiger partial charge in [0.25, 0.3) is 5.91 Å². The lowest BCUT2D eigenvalue weighted by Crippen LogP contribution is -2.33. The van der Waals surface area contributed by atoms with E-state index in [0.717, 1.165) is 9.87 Å². The number of benzene rings is 1. The van der Waals surface area contributed by atoms with Crippen LogP contribution < -0.4 is 5.32 Å². The summed E-state index contributed by atoms with van der Waals surface area (Å²) in [6.45, 7) is 0.147. The van der Waals surface area contributed by atoms with Crippen molar-refractivity contribution in [2.75, 3.05) is 11.9 Å².